The quantitative estimate of drug-likeness (QED) is 0.637. The van der Waals surface area contributed by atoms with Gasteiger partial charge < -0.3 is 19.7 Å². The number of hydrogen-bond acceptors (Lipinski definition) is 4. The molecule has 0 saturated carbocycles. The van der Waals surface area contributed by atoms with Gasteiger partial charge in [-0.3, -0.25) is 4.90 Å². The van der Waals surface area contributed by atoms with E-state index < -0.39 is 6.36 Å². The average Bonchev–Trinajstić information content (AvgIpc) is 3.28. The topological polar surface area (TPSA) is 54.0 Å². The van der Waals surface area contributed by atoms with E-state index in [1.165, 1.54) is 35.4 Å². The van der Waals surface area contributed by atoms with Crippen LogP contribution in [0.1, 0.15) is 30.0 Å². The Morgan fingerprint density at radius 3 is 2.48 bits per heavy atom. The molecule has 0 unspecified atom stereocenters. The number of nitrogens with one attached hydrogen (secondary N) is 1. The number of amides is 1. The van der Waals surface area contributed by atoms with E-state index in [-0.39, 0.29) is 30.0 Å². The summed E-state index contributed by atoms with van der Waals surface area (Å²) in [4.78, 5) is 16.6. The zero-order valence-corrected chi connectivity index (χ0v) is 18.4. The van der Waals surface area contributed by atoms with Crippen molar-refractivity contribution in [2.75, 3.05) is 18.4 Å². The number of fused-ring (bicyclic) bond motifs is 3. The first kappa shape index (κ1) is 21.8. The molecule has 2 aromatic carbocycles. The van der Waals surface area contributed by atoms with Gasteiger partial charge in [0.15, 0.2) is 5.11 Å². The summed E-state index contributed by atoms with van der Waals surface area (Å²) in [5, 5.41) is 3.55. The molecule has 0 radical (unpaired) electrons. The second-order valence-corrected chi connectivity index (χ2v) is 8.78. The summed E-state index contributed by atoms with van der Waals surface area (Å²) >= 11 is 5.50. The molecule has 0 bridgehead atoms. The number of nitrogens with zero attached hydrogens (tertiary/aromatic N) is 2. The van der Waals surface area contributed by atoms with Crippen molar-refractivity contribution in [1.29, 1.82) is 0 Å². The number of piperidine rings is 1. The van der Waals surface area contributed by atoms with Crippen LogP contribution < -0.4 is 10.1 Å². The highest BCUT2D eigenvalue weighted by Crippen LogP contribution is 2.44. The maximum atomic E-state index is 12.6. The molecule has 2 heterocycles. The maximum absolute atomic E-state index is 12.6. The zero-order valence-electron chi connectivity index (χ0n) is 17.5. The van der Waals surface area contributed by atoms with Gasteiger partial charge in [-0.2, -0.15) is 0 Å². The monoisotopic (exact) mass is 477 g/mol. The van der Waals surface area contributed by atoms with Gasteiger partial charge in [-0.15, -0.1) is 13.2 Å². The van der Waals surface area contributed by atoms with E-state index >= 15 is 0 Å². The van der Waals surface area contributed by atoms with Crippen molar-refractivity contribution in [3.05, 3.63) is 59.7 Å². The van der Waals surface area contributed by atoms with Crippen LogP contribution in [0.4, 0.5) is 23.7 Å². The fourth-order valence-electron chi connectivity index (χ4n) is 4.94. The molecular weight excluding hydrogens is 455 g/mol. The minimum atomic E-state index is -4.73. The van der Waals surface area contributed by atoms with Crippen molar-refractivity contribution < 1.29 is 27.4 Å². The highest BCUT2D eigenvalue weighted by molar-refractivity contribution is 7.80. The number of likely N-dealkylation sites (tertiary alicyclic amines) is 1. The Morgan fingerprint density at radius 2 is 1.79 bits per heavy atom. The molecule has 5 rings (SSSR count). The van der Waals surface area contributed by atoms with Crippen molar-refractivity contribution in [2.45, 2.75) is 43.8 Å². The van der Waals surface area contributed by atoms with Gasteiger partial charge in [0, 0.05) is 31.2 Å². The van der Waals surface area contributed by atoms with Crippen LogP contribution in [0.25, 0.3) is 0 Å². The summed E-state index contributed by atoms with van der Waals surface area (Å²) in [5.41, 5.74) is 2.98. The van der Waals surface area contributed by atoms with Gasteiger partial charge in [0.25, 0.3) is 0 Å². The second kappa shape index (κ2) is 8.40. The molecule has 1 amide bonds. The van der Waals surface area contributed by atoms with E-state index in [1.807, 2.05) is 21.9 Å². The van der Waals surface area contributed by atoms with Crippen molar-refractivity contribution in [3.63, 3.8) is 0 Å². The van der Waals surface area contributed by atoms with Crippen molar-refractivity contribution in [3.8, 4) is 5.75 Å². The van der Waals surface area contributed by atoms with Gasteiger partial charge in [-0.1, -0.05) is 24.3 Å². The number of hydrogen-bond donors (Lipinski definition) is 1. The van der Waals surface area contributed by atoms with Crippen LogP contribution >= 0.6 is 12.2 Å². The molecular formula is C23H22F3N3O3S. The molecule has 10 heteroatoms. The standard InChI is InChI=1S/C23H22F3N3O3S/c24-23(25,26)32-17-7-5-15(6-8-17)27-21(33)28-11-9-16(10-12-28)29-20-18-4-2-1-3-14(18)13-19(20)31-22(29)30/h1-8,16,19-20H,9-13H2,(H,27,33)/t19-,20+/m1/s1. The number of carbonyl (C=O) groups is 1. The van der Waals surface area contributed by atoms with E-state index in [0.29, 0.717) is 23.9 Å². The molecule has 3 aliphatic rings. The van der Waals surface area contributed by atoms with Crippen molar-refractivity contribution in [1.82, 2.24) is 9.80 Å². The summed E-state index contributed by atoms with van der Waals surface area (Å²) in [6.07, 6.45) is -2.85. The predicted octanol–water partition coefficient (Wildman–Crippen LogP) is 4.86. The molecule has 33 heavy (non-hydrogen) atoms. The number of anilines is 1. The highest BCUT2D eigenvalue weighted by Gasteiger charge is 2.50. The Labute approximate surface area is 194 Å². The lowest BCUT2D eigenvalue weighted by molar-refractivity contribution is -0.274. The van der Waals surface area contributed by atoms with Gasteiger partial charge in [0.05, 0.1) is 6.04 Å². The lowest BCUT2D eigenvalue weighted by atomic mass is 9.99. The lowest BCUT2D eigenvalue weighted by Crippen LogP contribution is -2.48. The minimum absolute atomic E-state index is 0.0345. The molecule has 2 saturated heterocycles. The zero-order chi connectivity index (χ0) is 23.2. The van der Waals surface area contributed by atoms with Crippen molar-refractivity contribution >= 4 is 29.1 Å². The van der Waals surface area contributed by atoms with E-state index in [9.17, 15) is 18.0 Å². The molecule has 2 aromatic rings. The Hall–Kier alpha value is -3.01. The van der Waals surface area contributed by atoms with Crippen LogP contribution in [-0.2, 0) is 11.2 Å². The van der Waals surface area contributed by atoms with Gasteiger partial charge in [-0.25, -0.2) is 4.79 Å². The second-order valence-electron chi connectivity index (χ2n) is 8.40. The van der Waals surface area contributed by atoms with Crippen LogP contribution in [-0.4, -0.2) is 52.6 Å². The summed E-state index contributed by atoms with van der Waals surface area (Å²) < 4.78 is 46.5. The summed E-state index contributed by atoms with van der Waals surface area (Å²) in [6.45, 7) is 1.32. The number of carbonyl (C=O) groups excluding carboxylic acids is 1. The molecule has 2 atom stereocenters. The number of halogens is 3. The first-order chi connectivity index (χ1) is 15.8. The number of benzene rings is 2. The predicted molar refractivity (Wildman–Crippen MR) is 119 cm³/mol. The third-order valence-electron chi connectivity index (χ3n) is 6.39. The third kappa shape index (κ3) is 4.44. The van der Waals surface area contributed by atoms with Crippen LogP contribution in [0, 0.1) is 0 Å². The molecule has 1 aliphatic carbocycles. The first-order valence-electron chi connectivity index (χ1n) is 10.8. The third-order valence-corrected chi connectivity index (χ3v) is 6.75. The van der Waals surface area contributed by atoms with Crippen molar-refractivity contribution in [2.24, 2.45) is 0 Å². The maximum Gasteiger partial charge on any atom is 0.573 e. The Balaban J connectivity index is 1.18. The SMILES string of the molecule is O=C1O[C@@H]2Cc3ccccc3[C@@H]2N1C1CCN(C(=S)Nc2ccc(OC(F)(F)F)cc2)CC1. The van der Waals surface area contributed by atoms with E-state index in [1.54, 1.807) is 0 Å². The molecule has 2 aliphatic heterocycles. The van der Waals surface area contributed by atoms with Crippen LogP contribution in [0.15, 0.2) is 48.5 Å². The average molecular weight is 478 g/mol. The molecule has 2 fully saturated rings. The number of rotatable bonds is 3. The Kier molecular flexibility index (Phi) is 5.55. The van der Waals surface area contributed by atoms with Gasteiger partial charge >= 0.3 is 12.5 Å². The molecule has 1 N–H and O–H groups in total. The van der Waals surface area contributed by atoms with Crippen LogP contribution in [0.2, 0.25) is 0 Å². The van der Waals surface area contributed by atoms with Crippen LogP contribution in [0.5, 0.6) is 5.75 Å². The van der Waals surface area contributed by atoms with Gasteiger partial charge in [-0.05, 0) is 60.5 Å². The largest absolute Gasteiger partial charge is 0.573 e. The smallest absolute Gasteiger partial charge is 0.443 e. The lowest BCUT2D eigenvalue weighted by Gasteiger charge is -2.38. The van der Waals surface area contributed by atoms with Crippen LogP contribution in [0.3, 0.4) is 0 Å². The van der Waals surface area contributed by atoms with Gasteiger partial charge in [0.1, 0.15) is 11.9 Å². The number of thiocarbonyl (C=S) groups is 1. The van der Waals surface area contributed by atoms with E-state index in [0.717, 1.165) is 19.3 Å². The summed E-state index contributed by atoms with van der Waals surface area (Å²) in [7, 11) is 0. The minimum Gasteiger partial charge on any atom is -0.443 e. The fraction of sp³-hybridized carbons (Fsp3) is 0.391. The molecule has 0 aromatic heterocycles. The summed E-state index contributed by atoms with van der Waals surface area (Å²) in [6, 6.07) is 13.6. The van der Waals surface area contributed by atoms with E-state index in [2.05, 4.69) is 22.2 Å². The first-order valence-corrected chi connectivity index (χ1v) is 11.2. The van der Waals surface area contributed by atoms with Gasteiger partial charge in [0.2, 0.25) is 0 Å². The number of alkyl halides is 3. The highest BCUT2D eigenvalue weighted by atomic mass is 32.1. The molecule has 6 nitrogen and oxygen atoms in total. The fourth-order valence-corrected chi connectivity index (χ4v) is 5.24. The molecule has 0 spiro atoms. The molecule has 174 valence electrons. The Bertz CT molecular complexity index is 1050. The van der Waals surface area contributed by atoms with E-state index in [4.69, 9.17) is 17.0 Å². The normalized spacial score (nSPS) is 22.6. The number of ether oxygens (including phenoxy) is 2. The summed E-state index contributed by atoms with van der Waals surface area (Å²) in [5.74, 6) is -0.288. The Morgan fingerprint density at radius 1 is 1.09 bits per heavy atom.